The normalized spacial score (nSPS) is 11.7. The smallest absolute Gasteiger partial charge is 0.0189 e. The summed E-state index contributed by atoms with van der Waals surface area (Å²) in [6, 6.07) is 29.9. The van der Waals surface area contributed by atoms with Gasteiger partial charge in [-0.05, 0) is 47.8 Å². The molecule has 0 aliphatic heterocycles. The summed E-state index contributed by atoms with van der Waals surface area (Å²) in [5, 5.41) is 3.96. The van der Waals surface area contributed by atoms with Crippen LogP contribution >= 0.6 is 19.7 Å². The zero-order valence-corrected chi connectivity index (χ0v) is 16.0. The van der Waals surface area contributed by atoms with E-state index in [0.29, 0.717) is 6.54 Å². The van der Waals surface area contributed by atoms with E-state index in [9.17, 15) is 0 Å². The van der Waals surface area contributed by atoms with Gasteiger partial charge in [-0.2, -0.15) is 0 Å². The van der Waals surface area contributed by atoms with E-state index < -0.39 is 7.92 Å². The molecule has 0 amide bonds. The van der Waals surface area contributed by atoms with Crippen LogP contribution in [0.3, 0.4) is 0 Å². The third-order valence-corrected chi connectivity index (χ3v) is 7.31. The molecule has 0 aliphatic carbocycles. The maximum Gasteiger partial charge on any atom is 0.0189 e. The second-order valence-corrected chi connectivity index (χ2v) is 8.71. The van der Waals surface area contributed by atoms with Gasteiger partial charge in [0.1, 0.15) is 0 Å². The fraction of sp³-hybridized carbons (Fsp3) is 0.0909. The second kappa shape index (κ2) is 9.01. The van der Waals surface area contributed by atoms with Crippen molar-refractivity contribution in [3.05, 3.63) is 95.8 Å². The minimum absolute atomic E-state index is 0.554. The molecule has 0 unspecified atom stereocenters. The van der Waals surface area contributed by atoms with E-state index >= 15 is 0 Å². The molecule has 126 valence electrons. The van der Waals surface area contributed by atoms with Crippen molar-refractivity contribution in [1.82, 2.24) is 0 Å². The zero-order valence-electron chi connectivity index (χ0n) is 14.3. The quantitative estimate of drug-likeness (QED) is 0.501. The topological polar surface area (TPSA) is 26.0 Å². The van der Waals surface area contributed by atoms with E-state index in [1.54, 1.807) is 11.8 Å². The van der Waals surface area contributed by atoms with Crippen molar-refractivity contribution in [3.8, 4) is 0 Å². The molecule has 25 heavy (non-hydrogen) atoms. The van der Waals surface area contributed by atoms with Gasteiger partial charge < -0.3 is 5.73 Å². The molecular weight excluding hydrogens is 341 g/mol. The summed E-state index contributed by atoms with van der Waals surface area (Å²) in [7, 11) is -0.629. The lowest BCUT2D eigenvalue weighted by atomic mass is 10.2. The third-order valence-electron chi connectivity index (χ3n) is 3.99. The van der Waals surface area contributed by atoms with Gasteiger partial charge in [0, 0.05) is 11.4 Å². The van der Waals surface area contributed by atoms with Crippen LogP contribution in [0, 0.1) is 0 Å². The first kappa shape index (κ1) is 17.9. The Morgan fingerprint density at radius 3 is 1.88 bits per heavy atom. The van der Waals surface area contributed by atoms with Crippen LogP contribution in [-0.2, 0) is 0 Å². The Morgan fingerprint density at radius 1 is 0.840 bits per heavy atom. The molecule has 1 nitrogen and oxygen atoms in total. The van der Waals surface area contributed by atoms with E-state index in [-0.39, 0.29) is 0 Å². The molecule has 0 saturated heterocycles. The number of nitrogens with two attached hydrogens (primary N) is 1. The minimum Gasteiger partial charge on any atom is -0.326 e. The minimum atomic E-state index is -0.629. The van der Waals surface area contributed by atoms with Gasteiger partial charge in [-0.3, -0.25) is 0 Å². The van der Waals surface area contributed by atoms with E-state index in [1.165, 1.54) is 26.4 Å². The fourth-order valence-electron chi connectivity index (χ4n) is 2.81. The summed E-state index contributed by atoms with van der Waals surface area (Å²) in [5.74, 6) is 0. The van der Waals surface area contributed by atoms with Gasteiger partial charge in [0.15, 0.2) is 0 Å². The van der Waals surface area contributed by atoms with E-state index in [4.69, 9.17) is 5.73 Å². The predicted molar refractivity (Wildman–Crippen MR) is 114 cm³/mol. The van der Waals surface area contributed by atoms with Crippen molar-refractivity contribution >= 4 is 36.4 Å². The predicted octanol–water partition coefficient (Wildman–Crippen LogP) is 4.84. The first-order chi connectivity index (χ1) is 12.3. The summed E-state index contributed by atoms with van der Waals surface area (Å²) in [6.45, 7) is 0.554. The zero-order chi connectivity index (χ0) is 17.5. The number of thioether (sulfide) groups is 1. The molecule has 3 aromatic carbocycles. The lowest BCUT2D eigenvalue weighted by Gasteiger charge is -2.22. The van der Waals surface area contributed by atoms with Crippen LogP contribution in [0.4, 0.5) is 0 Å². The van der Waals surface area contributed by atoms with Crippen LogP contribution < -0.4 is 16.3 Å². The molecular formula is C22H22NPS. The first-order valence-corrected chi connectivity index (χ1v) is 10.8. The van der Waals surface area contributed by atoms with Crippen molar-refractivity contribution < 1.29 is 0 Å². The Labute approximate surface area is 155 Å². The monoisotopic (exact) mass is 363 g/mol. The maximum atomic E-state index is 6.23. The van der Waals surface area contributed by atoms with Gasteiger partial charge >= 0.3 is 0 Å². The van der Waals surface area contributed by atoms with Crippen molar-refractivity contribution in [2.24, 2.45) is 5.73 Å². The summed E-state index contributed by atoms with van der Waals surface area (Å²) in [4.78, 5) is 1.28. The first-order valence-electron chi connectivity index (χ1n) is 8.27. The van der Waals surface area contributed by atoms with Gasteiger partial charge in [-0.15, -0.1) is 11.8 Å². The molecule has 3 rings (SSSR count). The Bertz CT molecular complexity index is 791. The van der Waals surface area contributed by atoms with Crippen molar-refractivity contribution in [2.45, 2.75) is 4.90 Å². The Balaban J connectivity index is 2.12. The van der Waals surface area contributed by atoms with Crippen molar-refractivity contribution in [1.29, 1.82) is 0 Å². The molecule has 0 atom stereocenters. The van der Waals surface area contributed by atoms with Crippen LogP contribution in [-0.4, -0.2) is 12.8 Å². The highest BCUT2D eigenvalue weighted by Crippen LogP contribution is 2.43. The molecule has 0 spiro atoms. The Kier molecular flexibility index (Phi) is 6.47. The highest BCUT2D eigenvalue weighted by atomic mass is 32.2. The Morgan fingerprint density at radius 2 is 1.36 bits per heavy atom. The molecule has 0 radical (unpaired) electrons. The van der Waals surface area contributed by atoms with Crippen LogP contribution in [0.5, 0.6) is 0 Å². The molecule has 0 saturated carbocycles. The number of rotatable bonds is 6. The largest absolute Gasteiger partial charge is 0.326 e. The molecule has 3 heteroatoms. The van der Waals surface area contributed by atoms with Gasteiger partial charge in [0.25, 0.3) is 0 Å². The summed E-state index contributed by atoms with van der Waals surface area (Å²) < 4.78 is 0. The van der Waals surface area contributed by atoms with E-state index in [2.05, 4.69) is 97.3 Å². The second-order valence-electron chi connectivity index (χ2n) is 5.59. The van der Waals surface area contributed by atoms with Crippen molar-refractivity contribution in [2.75, 3.05) is 12.8 Å². The molecule has 0 aromatic heterocycles. The summed E-state index contributed by atoms with van der Waals surface area (Å²) in [6.07, 6.45) is 4.41. The average molecular weight is 363 g/mol. The molecule has 0 fully saturated rings. The third kappa shape index (κ3) is 4.41. The van der Waals surface area contributed by atoms with Crippen LogP contribution in [0.1, 0.15) is 5.56 Å². The lowest BCUT2D eigenvalue weighted by molar-refractivity contribution is 1.23. The number of hydrogen-bond acceptors (Lipinski definition) is 2. The lowest BCUT2D eigenvalue weighted by Crippen LogP contribution is -2.16. The highest BCUT2D eigenvalue weighted by Gasteiger charge is 2.18. The standard InChI is InChI=1S/C22H22NPS/c1-25-22-15-9-8-10-18(22)16-21(17-23)24(19-11-4-2-5-12-19)20-13-6-3-7-14-20/h2-16H,17,23H2,1H3. The fourth-order valence-corrected chi connectivity index (χ4v) is 5.74. The molecule has 0 bridgehead atoms. The van der Waals surface area contributed by atoms with Crippen molar-refractivity contribution in [3.63, 3.8) is 0 Å². The van der Waals surface area contributed by atoms with Crippen LogP contribution in [0.25, 0.3) is 6.08 Å². The summed E-state index contributed by atoms with van der Waals surface area (Å²) in [5.41, 5.74) is 7.47. The van der Waals surface area contributed by atoms with Gasteiger partial charge in [-0.1, -0.05) is 78.9 Å². The molecule has 0 aliphatic rings. The molecule has 3 aromatic rings. The SMILES string of the molecule is CSc1ccccc1C=C(CN)P(c1ccccc1)c1ccccc1. The number of benzene rings is 3. The van der Waals surface area contributed by atoms with Gasteiger partial charge in [-0.25, -0.2) is 0 Å². The highest BCUT2D eigenvalue weighted by molar-refractivity contribution is 7.98. The Hall–Kier alpha value is -1.86. The van der Waals surface area contributed by atoms with Gasteiger partial charge in [0.2, 0.25) is 0 Å². The van der Waals surface area contributed by atoms with E-state index in [1.807, 2.05) is 0 Å². The number of hydrogen-bond donors (Lipinski definition) is 1. The molecule has 0 heterocycles. The van der Waals surface area contributed by atoms with Crippen LogP contribution in [0.15, 0.2) is 95.1 Å². The maximum absolute atomic E-state index is 6.23. The van der Waals surface area contributed by atoms with E-state index in [0.717, 1.165) is 0 Å². The van der Waals surface area contributed by atoms with Gasteiger partial charge in [0.05, 0.1) is 0 Å². The average Bonchev–Trinajstić information content (AvgIpc) is 2.69. The summed E-state index contributed by atoms with van der Waals surface area (Å²) >= 11 is 1.77. The molecule has 2 N–H and O–H groups in total. The van der Waals surface area contributed by atoms with Crippen LogP contribution in [0.2, 0.25) is 0 Å².